The third-order valence-electron chi connectivity index (χ3n) is 2.74. The van der Waals surface area contributed by atoms with Crippen LogP contribution in [0.25, 0.3) is 0 Å². The molecule has 5 heteroatoms. The zero-order chi connectivity index (χ0) is 12.0. The summed E-state index contributed by atoms with van der Waals surface area (Å²) in [5.74, 6) is 0.00899. The highest BCUT2D eigenvalue weighted by Gasteiger charge is 2.29. The molecule has 2 unspecified atom stereocenters. The van der Waals surface area contributed by atoms with E-state index in [2.05, 4.69) is 10.2 Å². The Morgan fingerprint density at radius 1 is 1.50 bits per heavy atom. The molecule has 1 aliphatic rings. The van der Waals surface area contributed by atoms with Crippen LogP contribution in [-0.2, 0) is 9.53 Å². The molecule has 0 radical (unpaired) electrons. The SMILES string of the molecule is CN(C)CCCNC(=O)C1CCC(CN)O1. The van der Waals surface area contributed by atoms with Crippen molar-refractivity contribution in [2.45, 2.75) is 31.5 Å². The van der Waals surface area contributed by atoms with Crippen LogP contribution in [0.1, 0.15) is 19.3 Å². The molecule has 1 amide bonds. The zero-order valence-electron chi connectivity index (χ0n) is 10.2. The van der Waals surface area contributed by atoms with E-state index in [9.17, 15) is 4.79 Å². The fourth-order valence-corrected chi connectivity index (χ4v) is 1.79. The lowest BCUT2D eigenvalue weighted by molar-refractivity contribution is -0.131. The van der Waals surface area contributed by atoms with Crippen molar-refractivity contribution >= 4 is 5.91 Å². The second-order valence-electron chi connectivity index (χ2n) is 4.51. The number of hydrogen-bond donors (Lipinski definition) is 2. The van der Waals surface area contributed by atoms with Crippen LogP contribution in [0.2, 0.25) is 0 Å². The van der Waals surface area contributed by atoms with Gasteiger partial charge < -0.3 is 20.7 Å². The molecule has 94 valence electrons. The van der Waals surface area contributed by atoms with E-state index in [4.69, 9.17) is 10.5 Å². The largest absolute Gasteiger partial charge is 0.364 e. The van der Waals surface area contributed by atoms with Crippen molar-refractivity contribution in [1.82, 2.24) is 10.2 Å². The lowest BCUT2D eigenvalue weighted by Gasteiger charge is -2.13. The van der Waals surface area contributed by atoms with Gasteiger partial charge in [-0.15, -0.1) is 0 Å². The summed E-state index contributed by atoms with van der Waals surface area (Å²) in [6.07, 6.45) is 2.44. The van der Waals surface area contributed by atoms with Gasteiger partial charge in [0.1, 0.15) is 6.10 Å². The van der Waals surface area contributed by atoms with Crippen molar-refractivity contribution in [1.29, 1.82) is 0 Å². The molecule has 16 heavy (non-hydrogen) atoms. The lowest BCUT2D eigenvalue weighted by atomic mass is 10.2. The van der Waals surface area contributed by atoms with E-state index in [1.54, 1.807) is 0 Å². The summed E-state index contributed by atoms with van der Waals surface area (Å²) in [4.78, 5) is 13.8. The summed E-state index contributed by atoms with van der Waals surface area (Å²) in [6.45, 7) is 2.20. The van der Waals surface area contributed by atoms with Gasteiger partial charge in [-0.3, -0.25) is 4.79 Å². The van der Waals surface area contributed by atoms with E-state index in [-0.39, 0.29) is 18.1 Å². The Bertz CT molecular complexity index is 221. The maximum absolute atomic E-state index is 11.7. The zero-order valence-corrected chi connectivity index (χ0v) is 10.2. The minimum atomic E-state index is -0.284. The predicted molar refractivity (Wildman–Crippen MR) is 63.1 cm³/mol. The molecule has 0 saturated carbocycles. The Hall–Kier alpha value is -0.650. The molecular formula is C11H23N3O2. The van der Waals surface area contributed by atoms with Gasteiger partial charge >= 0.3 is 0 Å². The van der Waals surface area contributed by atoms with Crippen molar-refractivity contribution < 1.29 is 9.53 Å². The summed E-state index contributed by atoms with van der Waals surface area (Å²) in [6, 6.07) is 0. The number of rotatable bonds is 6. The molecule has 1 aliphatic heterocycles. The highest BCUT2D eigenvalue weighted by atomic mass is 16.5. The molecule has 2 atom stereocenters. The second kappa shape index (κ2) is 6.83. The molecule has 0 aromatic heterocycles. The summed E-state index contributed by atoms with van der Waals surface area (Å²) < 4.78 is 5.50. The van der Waals surface area contributed by atoms with Gasteiger partial charge in [0.05, 0.1) is 6.10 Å². The summed E-state index contributed by atoms with van der Waals surface area (Å²) in [7, 11) is 4.04. The smallest absolute Gasteiger partial charge is 0.249 e. The third kappa shape index (κ3) is 4.47. The summed E-state index contributed by atoms with van der Waals surface area (Å²) >= 11 is 0. The Labute approximate surface area is 97.3 Å². The fraction of sp³-hybridized carbons (Fsp3) is 0.909. The fourth-order valence-electron chi connectivity index (χ4n) is 1.79. The average molecular weight is 229 g/mol. The van der Waals surface area contributed by atoms with Crippen molar-refractivity contribution in [3.05, 3.63) is 0 Å². The summed E-state index contributed by atoms with van der Waals surface area (Å²) in [5.41, 5.74) is 5.49. The number of ether oxygens (including phenoxy) is 1. The molecule has 0 bridgehead atoms. The molecule has 0 aromatic carbocycles. The number of amides is 1. The Morgan fingerprint density at radius 3 is 2.81 bits per heavy atom. The van der Waals surface area contributed by atoms with Gasteiger partial charge in [-0.1, -0.05) is 0 Å². The van der Waals surface area contributed by atoms with Gasteiger partial charge in [-0.2, -0.15) is 0 Å². The standard InChI is InChI=1S/C11H23N3O2/c1-14(2)7-3-6-13-11(15)10-5-4-9(8-12)16-10/h9-10H,3-8,12H2,1-2H3,(H,13,15). The summed E-state index contributed by atoms with van der Waals surface area (Å²) in [5, 5.41) is 2.89. The van der Waals surface area contributed by atoms with Crippen LogP contribution in [0, 0.1) is 0 Å². The van der Waals surface area contributed by atoms with Crippen molar-refractivity contribution in [2.24, 2.45) is 5.73 Å². The molecule has 1 saturated heterocycles. The molecule has 1 rings (SSSR count). The van der Waals surface area contributed by atoms with E-state index in [0.717, 1.165) is 25.8 Å². The number of hydrogen-bond acceptors (Lipinski definition) is 4. The van der Waals surface area contributed by atoms with Crippen molar-refractivity contribution in [3.63, 3.8) is 0 Å². The number of carbonyl (C=O) groups excluding carboxylic acids is 1. The van der Waals surface area contributed by atoms with Gasteiger partial charge in [0.15, 0.2) is 0 Å². The van der Waals surface area contributed by atoms with Crippen LogP contribution < -0.4 is 11.1 Å². The molecule has 3 N–H and O–H groups in total. The van der Waals surface area contributed by atoms with Gasteiger partial charge in [-0.25, -0.2) is 0 Å². The first-order valence-electron chi connectivity index (χ1n) is 5.91. The van der Waals surface area contributed by atoms with Crippen LogP contribution >= 0.6 is 0 Å². The highest BCUT2D eigenvalue weighted by molar-refractivity contribution is 5.80. The van der Waals surface area contributed by atoms with Gasteiger partial charge in [0.2, 0.25) is 5.91 Å². The number of nitrogens with two attached hydrogens (primary N) is 1. The molecule has 0 aliphatic carbocycles. The third-order valence-corrected chi connectivity index (χ3v) is 2.74. The van der Waals surface area contributed by atoms with Gasteiger partial charge in [0.25, 0.3) is 0 Å². The lowest BCUT2D eigenvalue weighted by Crippen LogP contribution is -2.36. The Kier molecular flexibility index (Phi) is 5.73. The first kappa shape index (κ1) is 13.4. The van der Waals surface area contributed by atoms with E-state index in [0.29, 0.717) is 13.1 Å². The topological polar surface area (TPSA) is 67.6 Å². The highest BCUT2D eigenvalue weighted by Crippen LogP contribution is 2.18. The van der Waals surface area contributed by atoms with Crippen LogP contribution in [0.4, 0.5) is 0 Å². The predicted octanol–water partition coefficient (Wildman–Crippen LogP) is -0.439. The number of nitrogens with one attached hydrogen (secondary N) is 1. The number of nitrogens with zero attached hydrogens (tertiary/aromatic N) is 1. The van der Waals surface area contributed by atoms with Gasteiger partial charge in [0, 0.05) is 13.1 Å². The van der Waals surface area contributed by atoms with E-state index in [1.807, 2.05) is 14.1 Å². The second-order valence-corrected chi connectivity index (χ2v) is 4.51. The molecular weight excluding hydrogens is 206 g/mol. The van der Waals surface area contributed by atoms with Crippen LogP contribution in [0.15, 0.2) is 0 Å². The van der Waals surface area contributed by atoms with Crippen LogP contribution in [0.5, 0.6) is 0 Å². The molecule has 5 nitrogen and oxygen atoms in total. The number of carbonyl (C=O) groups is 1. The molecule has 0 aromatic rings. The molecule has 1 heterocycles. The van der Waals surface area contributed by atoms with Crippen LogP contribution in [-0.4, -0.2) is 56.7 Å². The Morgan fingerprint density at radius 2 is 2.25 bits per heavy atom. The maximum atomic E-state index is 11.7. The normalized spacial score (nSPS) is 25.0. The Balaban J connectivity index is 2.11. The minimum Gasteiger partial charge on any atom is -0.364 e. The van der Waals surface area contributed by atoms with E-state index >= 15 is 0 Å². The molecule has 0 spiro atoms. The van der Waals surface area contributed by atoms with Gasteiger partial charge in [-0.05, 0) is 39.9 Å². The van der Waals surface area contributed by atoms with E-state index in [1.165, 1.54) is 0 Å². The minimum absolute atomic E-state index is 0.00899. The van der Waals surface area contributed by atoms with Crippen LogP contribution in [0.3, 0.4) is 0 Å². The van der Waals surface area contributed by atoms with Crippen molar-refractivity contribution in [3.8, 4) is 0 Å². The van der Waals surface area contributed by atoms with E-state index < -0.39 is 0 Å². The average Bonchev–Trinajstić information content (AvgIpc) is 2.72. The first-order chi connectivity index (χ1) is 7.63. The first-order valence-corrected chi connectivity index (χ1v) is 5.91. The van der Waals surface area contributed by atoms with Crippen molar-refractivity contribution in [2.75, 3.05) is 33.7 Å². The molecule has 1 fully saturated rings. The monoisotopic (exact) mass is 229 g/mol. The quantitative estimate of drug-likeness (QED) is 0.606. The maximum Gasteiger partial charge on any atom is 0.249 e.